The second-order valence-electron chi connectivity index (χ2n) is 12.9. The lowest BCUT2D eigenvalue weighted by molar-refractivity contribution is -0.145. The van der Waals surface area contributed by atoms with Crippen molar-refractivity contribution in [2.75, 3.05) is 24.0 Å². The average molecular weight is 639 g/mol. The maximum atomic E-state index is 14.9. The molecule has 2 aliphatic heterocycles. The Bertz CT molecular complexity index is 1900. The van der Waals surface area contributed by atoms with Gasteiger partial charge in [0.05, 0.1) is 49.3 Å². The van der Waals surface area contributed by atoms with E-state index in [1.807, 2.05) is 67.6 Å². The van der Waals surface area contributed by atoms with Crippen LogP contribution in [-0.2, 0) is 19.2 Å². The minimum Gasteiger partial charge on any atom is -0.497 e. The highest BCUT2D eigenvalue weighted by atomic mass is 16.5. The van der Waals surface area contributed by atoms with Crippen molar-refractivity contribution in [1.29, 1.82) is 0 Å². The fraction of sp³-hybridized carbons (Fsp3) is 0.250. The van der Waals surface area contributed by atoms with Crippen LogP contribution in [0.4, 0.5) is 11.4 Å². The molecule has 5 aliphatic rings. The summed E-state index contributed by atoms with van der Waals surface area (Å²) in [5.74, 6) is -4.27. The van der Waals surface area contributed by atoms with E-state index in [0.29, 0.717) is 29.3 Å². The summed E-state index contributed by atoms with van der Waals surface area (Å²) in [6.07, 6.45) is 0.369. The molecule has 4 unspecified atom stereocenters. The number of imide groups is 2. The fourth-order valence-electron chi connectivity index (χ4n) is 9.27. The van der Waals surface area contributed by atoms with Crippen LogP contribution in [-0.4, -0.2) is 37.8 Å². The van der Waals surface area contributed by atoms with Crippen LogP contribution in [0, 0.1) is 35.0 Å². The maximum Gasteiger partial charge on any atom is 0.238 e. The van der Waals surface area contributed by atoms with Gasteiger partial charge in [-0.1, -0.05) is 67.6 Å². The Morgan fingerprint density at radius 2 is 0.958 bits per heavy atom. The highest BCUT2D eigenvalue weighted by Gasteiger charge is 2.77. The molecule has 2 bridgehead atoms. The third-order valence-corrected chi connectivity index (χ3v) is 11.0. The molecule has 0 aromatic heterocycles. The number of benzene rings is 4. The summed E-state index contributed by atoms with van der Waals surface area (Å²) in [6, 6.07) is 33.4. The van der Waals surface area contributed by atoms with Gasteiger partial charge in [-0.05, 0) is 77.2 Å². The molecule has 4 amide bonds. The van der Waals surface area contributed by atoms with E-state index in [2.05, 4.69) is 0 Å². The standard InChI is InChI=1S/C40H34N2O6/c1-4-40-33(24-13-9-6-10-14-24)29(23-11-7-5-8-12-23)30(31-34(40)38(45)41(36(31)43)25-15-19-27(47-2)20-16-25)32-35(40)39(46)42(37(32)44)26-17-21-28(48-3)22-18-26/h5-22,30-32,34-35H,4H2,1-3H3. The van der Waals surface area contributed by atoms with Crippen molar-refractivity contribution in [3.8, 4) is 11.5 Å². The first-order valence-corrected chi connectivity index (χ1v) is 16.3. The van der Waals surface area contributed by atoms with Crippen LogP contribution in [0.3, 0.4) is 0 Å². The topological polar surface area (TPSA) is 93.2 Å². The van der Waals surface area contributed by atoms with Gasteiger partial charge in [0.1, 0.15) is 11.5 Å². The number of nitrogens with zero attached hydrogens (tertiary/aromatic N) is 2. The molecule has 1 saturated carbocycles. The van der Waals surface area contributed by atoms with Gasteiger partial charge in [-0.3, -0.25) is 29.0 Å². The molecule has 240 valence electrons. The molecule has 8 heteroatoms. The molecule has 9 rings (SSSR count). The summed E-state index contributed by atoms with van der Waals surface area (Å²) in [5.41, 5.74) is 3.22. The van der Waals surface area contributed by atoms with Gasteiger partial charge in [0.15, 0.2) is 0 Å². The van der Waals surface area contributed by atoms with Gasteiger partial charge in [-0.25, -0.2) is 0 Å². The van der Waals surface area contributed by atoms with E-state index in [1.54, 1.807) is 62.8 Å². The second-order valence-corrected chi connectivity index (χ2v) is 12.9. The van der Waals surface area contributed by atoms with Crippen molar-refractivity contribution in [3.63, 3.8) is 0 Å². The van der Waals surface area contributed by atoms with Crippen molar-refractivity contribution in [1.82, 2.24) is 0 Å². The summed E-state index contributed by atoms with van der Waals surface area (Å²) in [7, 11) is 3.12. The number of allylic oxidation sites excluding steroid dienone is 2. The zero-order valence-electron chi connectivity index (χ0n) is 26.8. The Labute approximate surface area is 278 Å². The van der Waals surface area contributed by atoms with E-state index in [0.717, 1.165) is 22.3 Å². The molecular weight excluding hydrogens is 604 g/mol. The molecule has 4 atom stereocenters. The van der Waals surface area contributed by atoms with Crippen LogP contribution in [0.1, 0.15) is 24.5 Å². The van der Waals surface area contributed by atoms with Crippen molar-refractivity contribution < 1.29 is 28.7 Å². The van der Waals surface area contributed by atoms with Gasteiger partial charge in [-0.15, -0.1) is 0 Å². The molecule has 3 aliphatic carbocycles. The van der Waals surface area contributed by atoms with Crippen molar-refractivity contribution in [3.05, 3.63) is 120 Å². The smallest absolute Gasteiger partial charge is 0.238 e. The largest absolute Gasteiger partial charge is 0.497 e. The van der Waals surface area contributed by atoms with Gasteiger partial charge >= 0.3 is 0 Å². The number of anilines is 2. The van der Waals surface area contributed by atoms with Crippen LogP contribution in [0.15, 0.2) is 109 Å². The van der Waals surface area contributed by atoms with Crippen LogP contribution in [0.25, 0.3) is 11.1 Å². The average Bonchev–Trinajstić information content (AvgIpc) is 3.57. The maximum absolute atomic E-state index is 14.9. The summed E-state index contributed by atoms with van der Waals surface area (Å²) >= 11 is 0. The van der Waals surface area contributed by atoms with Crippen LogP contribution in [0.5, 0.6) is 11.5 Å². The predicted molar refractivity (Wildman–Crippen MR) is 181 cm³/mol. The number of hydrogen-bond acceptors (Lipinski definition) is 6. The Morgan fingerprint density at radius 1 is 0.542 bits per heavy atom. The van der Waals surface area contributed by atoms with Gasteiger partial charge in [0.2, 0.25) is 23.6 Å². The lowest BCUT2D eigenvalue weighted by Crippen LogP contribution is -2.60. The number of hydrogen-bond donors (Lipinski definition) is 0. The lowest BCUT2D eigenvalue weighted by atomic mass is 9.40. The normalized spacial score (nSPS) is 27.4. The summed E-state index contributed by atoms with van der Waals surface area (Å²) in [5, 5.41) is 0. The first-order valence-electron chi connectivity index (χ1n) is 16.3. The SMILES string of the molecule is CCC12C(c3ccccc3)=C(c3ccccc3)C(C3C(=O)N(c4ccc(OC)cc4)C(=O)C31)C1C(=O)N(c3ccc(OC)cc3)C(=O)C12. The summed E-state index contributed by atoms with van der Waals surface area (Å²) < 4.78 is 10.7. The molecule has 2 saturated heterocycles. The zero-order valence-corrected chi connectivity index (χ0v) is 26.8. The minimum absolute atomic E-state index is 0.343. The third kappa shape index (κ3) is 3.89. The van der Waals surface area contributed by atoms with Gasteiger partial charge < -0.3 is 9.47 Å². The van der Waals surface area contributed by atoms with Gasteiger partial charge in [0.25, 0.3) is 0 Å². The highest BCUT2D eigenvalue weighted by molar-refractivity contribution is 6.29. The Morgan fingerprint density at radius 3 is 1.35 bits per heavy atom. The number of methoxy groups -OCH3 is 2. The molecule has 0 radical (unpaired) electrons. The number of carbonyl (C=O) groups excluding carboxylic acids is 4. The minimum atomic E-state index is -1.15. The fourth-order valence-corrected chi connectivity index (χ4v) is 9.27. The van der Waals surface area contributed by atoms with Crippen LogP contribution in [0.2, 0.25) is 0 Å². The lowest BCUT2D eigenvalue weighted by Gasteiger charge is -2.58. The predicted octanol–water partition coefficient (Wildman–Crippen LogP) is 6.27. The summed E-state index contributed by atoms with van der Waals surface area (Å²) in [4.78, 5) is 62.0. The highest BCUT2D eigenvalue weighted by Crippen LogP contribution is 2.73. The molecule has 48 heavy (non-hydrogen) atoms. The van der Waals surface area contributed by atoms with Crippen LogP contribution < -0.4 is 19.3 Å². The van der Waals surface area contributed by atoms with Crippen molar-refractivity contribution in [2.24, 2.45) is 35.0 Å². The van der Waals surface area contributed by atoms with E-state index in [9.17, 15) is 19.2 Å². The monoisotopic (exact) mass is 638 g/mol. The number of ether oxygens (including phenoxy) is 2. The number of carbonyl (C=O) groups is 4. The molecular formula is C40H34N2O6. The van der Waals surface area contributed by atoms with Crippen molar-refractivity contribution in [2.45, 2.75) is 13.3 Å². The second kappa shape index (κ2) is 11.0. The Balaban J connectivity index is 1.40. The first kappa shape index (κ1) is 29.9. The zero-order chi connectivity index (χ0) is 33.3. The molecule has 2 heterocycles. The third-order valence-electron chi connectivity index (χ3n) is 11.0. The van der Waals surface area contributed by atoms with E-state index in [4.69, 9.17) is 9.47 Å². The van der Waals surface area contributed by atoms with Crippen molar-refractivity contribution >= 4 is 46.1 Å². The molecule has 3 fully saturated rings. The van der Waals surface area contributed by atoms with Gasteiger partial charge in [-0.2, -0.15) is 0 Å². The summed E-state index contributed by atoms with van der Waals surface area (Å²) in [6.45, 7) is 1.98. The number of rotatable bonds is 7. The van der Waals surface area contributed by atoms with E-state index in [1.165, 1.54) is 9.80 Å². The Kier molecular flexibility index (Phi) is 6.87. The van der Waals surface area contributed by atoms with Crippen LogP contribution >= 0.6 is 0 Å². The van der Waals surface area contributed by atoms with E-state index >= 15 is 0 Å². The Hall–Kier alpha value is -5.50. The van der Waals surface area contributed by atoms with E-state index < -0.39 is 35.0 Å². The molecule has 0 N–H and O–H groups in total. The first-order chi connectivity index (χ1) is 23.4. The van der Waals surface area contributed by atoms with E-state index in [-0.39, 0.29) is 23.6 Å². The quantitative estimate of drug-likeness (QED) is 0.222. The molecule has 0 spiro atoms. The molecule has 4 aromatic carbocycles. The molecule has 8 nitrogen and oxygen atoms in total. The molecule has 4 aromatic rings. The van der Waals surface area contributed by atoms with Gasteiger partial charge in [0, 0.05) is 11.3 Å². The number of amides is 4.